The summed E-state index contributed by atoms with van der Waals surface area (Å²) in [5.41, 5.74) is 5.11. The minimum absolute atomic E-state index is 0.229. The molecule has 0 amide bonds. The predicted molar refractivity (Wildman–Crippen MR) is 80.6 cm³/mol. The van der Waals surface area contributed by atoms with E-state index in [9.17, 15) is 5.11 Å². The average molecular weight is 279 g/mol. The maximum Gasteiger partial charge on any atom is 0.219 e. The molecule has 3 aromatic rings. The maximum atomic E-state index is 10.6. The Hall–Kier alpha value is -2.36. The number of hydrogen-bond donors (Lipinski definition) is 1. The summed E-state index contributed by atoms with van der Waals surface area (Å²) in [5.74, 6) is 0.726. The van der Waals surface area contributed by atoms with E-state index in [0.717, 1.165) is 29.7 Å². The predicted octanol–water partition coefficient (Wildman–Crippen LogP) is 3.21. The molecule has 0 unspecified atom stereocenters. The van der Waals surface area contributed by atoms with Gasteiger partial charge in [-0.2, -0.15) is 9.61 Å². The average Bonchev–Trinajstić information content (AvgIpc) is 3.22. The number of benzene rings is 1. The van der Waals surface area contributed by atoms with E-state index in [1.54, 1.807) is 6.20 Å². The van der Waals surface area contributed by atoms with Gasteiger partial charge in [-0.3, -0.25) is 0 Å². The van der Waals surface area contributed by atoms with Gasteiger partial charge in [0.05, 0.1) is 11.9 Å². The Labute approximate surface area is 123 Å². The van der Waals surface area contributed by atoms with Crippen LogP contribution >= 0.6 is 0 Å². The van der Waals surface area contributed by atoms with Crippen molar-refractivity contribution < 1.29 is 5.11 Å². The second-order valence-corrected chi connectivity index (χ2v) is 5.84. The molecule has 21 heavy (non-hydrogen) atoms. The van der Waals surface area contributed by atoms with Crippen LogP contribution in [0.15, 0.2) is 36.5 Å². The van der Waals surface area contributed by atoms with Gasteiger partial charge in [0.15, 0.2) is 5.65 Å². The largest absolute Gasteiger partial charge is 0.493 e. The molecule has 0 bridgehead atoms. The first-order valence-corrected chi connectivity index (χ1v) is 7.33. The number of aromatic hydroxyl groups is 1. The molecule has 1 N–H and O–H groups in total. The summed E-state index contributed by atoms with van der Waals surface area (Å²) < 4.78 is 1.52. The third-order valence-corrected chi connectivity index (χ3v) is 4.10. The Morgan fingerprint density at radius 3 is 2.67 bits per heavy atom. The van der Waals surface area contributed by atoms with Crippen LogP contribution < -0.4 is 0 Å². The van der Waals surface area contributed by atoms with Crippen LogP contribution in [0.2, 0.25) is 0 Å². The first kappa shape index (κ1) is 12.4. The second kappa shape index (κ2) is 4.58. The first-order chi connectivity index (χ1) is 10.2. The Kier molecular flexibility index (Phi) is 2.70. The number of rotatable bonds is 3. The molecule has 1 aliphatic carbocycles. The van der Waals surface area contributed by atoms with Gasteiger partial charge in [-0.05, 0) is 25.3 Å². The zero-order valence-corrected chi connectivity index (χ0v) is 12.0. The third-order valence-electron chi connectivity index (χ3n) is 4.10. The summed E-state index contributed by atoms with van der Waals surface area (Å²) in [4.78, 5) is 4.71. The summed E-state index contributed by atoms with van der Waals surface area (Å²) in [6, 6.07) is 10.3. The summed E-state index contributed by atoms with van der Waals surface area (Å²) in [6.07, 6.45) is 4.70. The van der Waals surface area contributed by atoms with E-state index < -0.39 is 0 Å². The van der Waals surface area contributed by atoms with Crippen molar-refractivity contribution in [2.45, 2.75) is 32.1 Å². The van der Waals surface area contributed by atoms with Crippen LogP contribution in [-0.4, -0.2) is 19.7 Å². The van der Waals surface area contributed by atoms with Crippen LogP contribution in [0.1, 0.15) is 41.1 Å². The summed E-state index contributed by atoms with van der Waals surface area (Å²) >= 11 is 0. The number of fused-ring (bicyclic) bond motifs is 1. The number of nitrogens with zero attached hydrogens (tertiary/aromatic N) is 3. The number of hydrogen-bond acceptors (Lipinski definition) is 3. The molecule has 2 heterocycles. The standard InChI is InChI=1S/C17H17N3O/c1-11-2-4-12(5-3-11)10-14-16(13-6-7-13)19-15-8-9-18-20(15)17(14)21/h2-5,8-9,13,21H,6-7,10H2,1H3. The molecule has 1 saturated carbocycles. The summed E-state index contributed by atoms with van der Waals surface area (Å²) in [5, 5.41) is 14.7. The lowest BCUT2D eigenvalue weighted by Gasteiger charge is -2.12. The maximum absolute atomic E-state index is 10.6. The highest BCUT2D eigenvalue weighted by Gasteiger charge is 2.30. The molecule has 0 aliphatic heterocycles. The van der Waals surface area contributed by atoms with Crippen LogP contribution in [0.5, 0.6) is 5.88 Å². The third kappa shape index (κ3) is 2.17. The SMILES string of the molecule is Cc1ccc(Cc2c(C3CC3)nc3ccnn3c2O)cc1. The molecule has 2 aromatic heterocycles. The number of aryl methyl sites for hydroxylation is 1. The van der Waals surface area contributed by atoms with Crippen molar-refractivity contribution in [2.24, 2.45) is 0 Å². The molecule has 106 valence electrons. The first-order valence-electron chi connectivity index (χ1n) is 7.33. The summed E-state index contributed by atoms with van der Waals surface area (Å²) in [6.45, 7) is 2.08. The molecule has 1 aromatic carbocycles. The van der Waals surface area contributed by atoms with E-state index in [0.29, 0.717) is 12.3 Å². The molecule has 0 spiro atoms. The van der Waals surface area contributed by atoms with Crippen molar-refractivity contribution in [2.75, 3.05) is 0 Å². The van der Waals surface area contributed by atoms with Crippen LogP contribution in [0.25, 0.3) is 5.65 Å². The van der Waals surface area contributed by atoms with E-state index in [2.05, 4.69) is 36.3 Å². The molecule has 0 saturated heterocycles. The van der Waals surface area contributed by atoms with Crippen LogP contribution in [0.3, 0.4) is 0 Å². The fraction of sp³-hybridized carbons (Fsp3) is 0.294. The highest BCUT2D eigenvalue weighted by Crippen LogP contribution is 2.43. The quantitative estimate of drug-likeness (QED) is 0.801. The lowest BCUT2D eigenvalue weighted by molar-refractivity contribution is 0.427. The molecule has 0 atom stereocenters. The van der Waals surface area contributed by atoms with Crippen molar-refractivity contribution >= 4 is 5.65 Å². The smallest absolute Gasteiger partial charge is 0.219 e. The topological polar surface area (TPSA) is 50.4 Å². The van der Waals surface area contributed by atoms with Gasteiger partial charge in [0.2, 0.25) is 5.88 Å². The lowest BCUT2D eigenvalue weighted by Crippen LogP contribution is -2.04. The second-order valence-electron chi connectivity index (χ2n) is 5.84. The van der Waals surface area contributed by atoms with E-state index >= 15 is 0 Å². The van der Waals surface area contributed by atoms with Gasteiger partial charge in [-0.1, -0.05) is 29.8 Å². The van der Waals surface area contributed by atoms with E-state index in [-0.39, 0.29) is 5.88 Å². The highest BCUT2D eigenvalue weighted by atomic mass is 16.3. The van der Waals surface area contributed by atoms with E-state index in [4.69, 9.17) is 4.98 Å². The van der Waals surface area contributed by atoms with Crippen molar-refractivity contribution in [3.8, 4) is 5.88 Å². The monoisotopic (exact) mass is 279 g/mol. The fourth-order valence-electron chi connectivity index (χ4n) is 2.75. The van der Waals surface area contributed by atoms with Crippen molar-refractivity contribution in [1.82, 2.24) is 14.6 Å². The van der Waals surface area contributed by atoms with Crippen LogP contribution in [0, 0.1) is 6.92 Å². The Bertz CT molecular complexity index is 801. The Morgan fingerprint density at radius 2 is 1.95 bits per heavy atom. The fourth-order valence-corrected chi connectivity index (χ4v) is 2.75. The molecule has 4 heteroatoms. The lowest BCUT2D eigenvalue weighted by atomic mass is 10.0. The molecule has 4 rings (SSSR count). The zero-order chi connectivity index (χ0) is 14.4. The molecule has 4 nitrogen and oxygen atoms in total. The minimum atomic E-state index is 0.229. The number of aromatic nitrogens is 3. The van der Waals surface area contributed by atoms with Gasteiger partial charge in [0, 0.05) is 24.0 Å². The van der Waals surface area contributed by atoms with E-state index in [1.165, 1.54) is 15.6 Å². The van der Waals surface area contributed by atoms with Crippen LogP contribution in [0.4, 0.5) is 0 Å². The van der Waals surface area contributed by atoms with Gasteiger partial charge < -0.3 is 5.11 Å². The van der Waals surface area contributed by atoms with E-state index in [1.807, 2.05) is 6.07 Å². The highest BCUT2D eigenvalue weighted by molar-refractivity contribution is 5.48. The molecule has 0 radical (unpaired) electrons. The molecule has 1 fully saturated rings. The van der Waals surface area contributed by atoms with Gasteiger partial charge in [-0.15, -0.1) is 0 Å². The van der Waals surface area contributed by atoms with Gasteiger partial charge in [-0.25, -0.2) is 4.98 Å². The molecule has 1 aliphatic rings. The molecular formula is C17H17N3O. The summed E-state index contributed by atoms with van der Waals surface area (Å²) in [7, 11) is 0. The van der Waals surface area contributed by atoms with Gasteiger partial charge in [0.25, 0.3) is 0 Å². The Balaban J connectivity index is 1.83. The normalized spacial score (nSPS) is 14.7. The minimum Gasteiger partial charge on any atom is -0.493 e. The van der Waals surface area contributed by atoms with Gasteiger partial charge >= 0.3 is 0 Å². The molecular weight excluding hydrogens is 262 g/mol. The van der Waals surface area contributed by atoms with Crippen molar-refractivity contribution in [3.05, 3.63) is 58.9 Å². The zero-order valence-electron chi connectivity index (χ0n) is 12.0. The van der Waals surface area contributed by atoms with Crippen molar-refractivity contribution in [3.63, 3.8) is 0 Å². The van der Waals surface area contributed by atoms with Crippen molar-refractivity contribution in [1.29, 1.82) is 0 Å². The van der Waals surface area contributed by atoms with Crippen LogP contribution in [-0.2, 0) is 6.42 Å². The Morgan fingerprint density at radius 1 is 1.19 bits per heavy atom. The van der Waals surface area contributed by atoms with Gasteiger partial charge in [0.1, 0.15) is 0 Å².